The average Bonchev–Trinajstić information content (AvgIpc) is 2.70. The number of esters is 1. The molecule has 0 saturated carbocycles. The molecule has 0 amide bonds. The van der Waals surface area contributed by atoms with Gasteiger partial charge in [-0.1, -0.05) is 4.47 Å². The Labute approximate surface area is 161 Å². The first-order valence-electron chi connectivity index (χ1n) is 7.87. The van der Waals surface area contributed by atoms with Gasteiger partial charge in [0.2, 0.25) is 0 Å². The predicted molar refractivity (Wildman–Crippen MR) is 96.0 cm³/mol. The largest absolute Gasteiger partial charge is 0.494 e. The summed E-state index contributed by atoms with van der Waals surface area (Å²) in [6.45, 7) is -0.600. The highest BCUT2D eigenvalue weighted by Crippen LogP contribution is 2.18. The normalized spacial score (nSPS) is 11.3. The molecule has 0 N–H and O–H groups in total. The van der Waals surface area contributed by atoms with E-state index in [2.05, 4.69) is 4.84 Å². The minimum absolute atomic E-state index is 0.0114. The van der Waals surface area contributed by atoms with Crippen molar-refractivity contribution in [2.24, 2.45) is 0 Å². The lowest BCUT2D eigenvalue weighted by Gasteiger charge is -2.14. The van der Waals surface area contributed by atoms with Crippen LogP contribution in [0.1, 0.15) is 20.7 Å². The van der Waals surface area contributed by atoms with Gasteiger partial charge in [-0.15, -0.1) is 0 Å². The molecule has 0 heterocycles. The van der Waals surface area contributed by atoms with Crippen molar-refractivity contribution >= 4 is 21.8 Å². The molecule has 8 nitrogen and oxygen atoms in total. The van der Waals surface area contributed by atoms with E-state index in [4.69, 9.17) is 9.47 Å². The monoisotopic (exact) mass is 411 g/mol. The van der Waals surface area contributed by atoms with E-state index in [1.807, 2.05) is 0 Å². The Morgan fingerprint density at radius 3 is 2.18 bits per heavy atom. The highest BCUT2D eigenvalue weighted by molar-refractivity contribution is 7.89. The number of benzene rings is 2. The van der Waals surface area contributed by atoms with E-state index >= 15 is 0 Å². The zero-order valence-corrected chi connectivity index (χ0v) is 16.2. The summed E-state index contributed by atoms with van der Waals surface area (Å²) in [5, 5.41) is 0. The summed E-state index contributed by atoms with van der Waals surface area (Å²) in [5.74, 6) is -2.15. The molecule has 2 rings (SSSR count). The number of hydrogen-bond donors (Lipinski definition) is 0. The van der Waals surface area contributed by atoms with Crippen LogP contribution < -0.4 is 4.74 Å². The zero-order chi connectivity index (χ0) is 20.9. The summed E-state index contributed by atoms with van der Waals surface area (Å²) in [7, 11) is -0.116. The predicted octanol–water partition coefficient (Wildman–Crippen LogP) is 2.06. The van der Waals surface area contributed by atoms with Crippen LogP contribution in [0.15, 0.2) is 47.4 Å². The number of nitrogens with zero attached hydrogens (tertiary/aromatic N) is 1. The summed E-state index contributed by atoms with van der Waals surface area (Å²) in [6, 6.07) is 8.54. The smallest absolute Gasteiger partial charge is 0.338 e. The van der Waals surface area contributed by atoms with Crippen LogP contribution in [0.2, 0.25) is 0 Å². The lowest BCUT2D eigenvalue weighted by molar-refractivity contribution is -0.0258. The van der Waals surface area contributed by atoms with Gasteiger partial charge in [0, 0.05) is 12.6 Å². The van der Waals surface area contributed by atoms with Gasteiger partial charge in [0.05, 0.1) is 24.7 Å². The second kappa shape index (κ2) is 8.91. The van der Waals surface area contributed by atoms with E-state index in [1.165, 1.54) is 57.7 Å². The molecule has 0 aliphatic heterocycles. The summed E-state index contributed by atoms with van der Waals surface area (Å²) in [4.78, 5) is 28.7. The SMILES string of the molecule is COc1ccc(C(=O)COC(=O)c2ccc(S(=O)(=O)N(C)OC)cc2)cc1F. The number of carbonyl (C=O) groups excluding carboxylic acids is 2. The molecule has 0 aromatic heterocycles. The number of ether oxygens (including phenoxy) is 2. The van der Waals surface area contributed by atoms with Crippen molar-refractivity contribution in [1.82, 2.24) is 4.47 Å². The van der Waals surface area contributed by atoms with E-state index in [0.29, 0.717) is 4.47 Å². The fourth-order valence-corrected chi connectivity index (χ4v) is 3.12. The van der Waals surface area contributed by atoms with Crippen LogP contribution in [-0.4, -0.2) is 52.5 Å². The van der Waals surface area contributed by atoms with Gasteiger partial charge in [-0.3, -0.25) is 9.63 Å². The van der Waals surface area contributed by atoms with E-state index in [1.54, 1.807) is 0 Å². The first-order valence-corrected chi connectivity index (χ1v) is 9.31. The second-order valence-electron chi connectivity index (χ2n) is 5.47. The minimum atomic E-state index is -3.84. The third kappa shape index (κ3) is 4.71. The highest BCUT2D eigenvalue weighted by Gasteiger charge is 2.21. The van der Waals surface area contributed by atoms with E-state index in [0.717, 1.165) is 6.07 Å². The standard InChI is InChI=1S/C18H18FNO7S/c1-20(26-3)28(23,24)14-7-4-12(5-8-14)18(22)27-11-16(21)13-6-9-17(25-2)15(19)10-13/h4-10H,11H2,1-3H3. The Morgan fingerprint density at radius 2 is 1.64 bits per heavy atom. The Bertz CT molecular complexity index is 974. The van der Waals surface area contributed by atoms with Crippen LogP contribution in [0, 0.1) is 5.82 Å². The van der Waals surface area contributed by atoms with Crippen LogP contribution in [0.4, 0.5) is 4.39 Å². The highest BCUT2D eigenvalue weighted by atomic mass is 32.2. The number of halogens is 1. The number of hydrogen-bond acceptors (Lipinski definition) is 7. The maximum Gasteiger partial charge on any atom is 0.338 e. The molecule has 0 atom stereocenters. The van der Waals surface area contributed by atoms with Gasteiger partial charge < -0.3 is 9.47 Å². The van der Waals surface area contributed by atoms with Crippen LogP contribution in [0.3, 0.4) is 0 Å². The molecule has 28 heavy (non-hydrogen) atoms. The number of methoxy groups -OCH3 is 1. The third-order valence-electron chi connectivity index (χ3n) is 3.79. The number of sulfonamides is 1. The van der Waals surface area contributed by atoms with Gasteiger partial charge in [-0.25, -0.2) is 17.6 Å². The quantitative estimate of drug-likeness (QED) is 0.372. The van der Waals surface area contributed by atoms with E-state index < -0.39 is 34.2 Å². The fraction of sp³-hybridized carbons (Fsp3) is 0.222. The fourth-order valence-electron chi connectivity index (χ4n) is 2.15. The maximum atomic E-state index is 13.6. The molecule has 150 valence electrons. The third-order valence-corrected chi connectivity index (χ3v) is 5.49. The lowest BCUT2D eigenvalue weighted by atomic mass is 10.1. The van der Waals surface area contributed by atoms with Gasteiger partial charge in [-0.2, -0.15) is 0 Å². The van der Waals surface area contributed by atoms with Crippen LogP contribution >= 0.6 is 0 Å². The summed E-state index contributed by atoms with van der Waals surface area (Å²) in [5.41, 5.74) is 0.0721. The number of carbonyl (C=O) groups is 2. The number of Topliss-reactive ketones (excluding diaryl/α,β-unsaturated/α-hetero) is 1. The van der Waals surface area contributed by atoms with Crippen molar-refractivity contribution in [1.29, 1.82) is 0 Å². The molecule has 0 bridgehead atoms. The van der Waals surface area contributed by atoms with Crippen molar-refractivity contribution in [3.8, 4) is 5.75 Å². The molecule has 0 aliphatic rings. The first-order chi connectivity index (χ1) is 13.2. The van der Waals surface area contributed by atoms with Crippen LogP contribution in [0.5, 0.6) is 5.75 Å². The number of ketones is 1. The molecule has 2 aromatic rings. The summed E-state index contributed by atoms with van der Waals surface area (Å²) >= 11 is 0. The van der Waals surface area contributed by atoms with Crippen molar-refractivity contribution in [3.05, 3.63) is 59.4 Å². The molecule has 0 saturated heterocycles. The molecule has 2 aromatic carbocycles. The minimum Gasteiger partial charge on any atom is -0.494 e. The maximum absolute atomic E-state index is 13.6. The van der Waals surface area contributed by atoms with Crippen molar-refractivity contribution in [3.63, 3.8) is 0 Å². The van der Waals surface area contributed by atoms with Crippen molar-refractivity contribution in [2.45, 2.75) is 4.90 Å². The van der Waals surface area contributed by atoms with Crippen LogP contribution in [0.25, 0.3) is 0 Å². The molecule has 0 fully saturated rings. The molecular formula is C18H18FNO7S. The number of rotatable bonds is 8. The molecule has 0 spiro atoms. The molecule has 0 radical (unpaired) electrons. The van der Waals surface area contributed by atoms with Gasteiger partial charge in [0.1, 0.15) is 0 Å². The van der Waals surface area contributed by atoms with Crippen molar-refractivity contribution in [2.75, 3.05) is 27.9 Å². The van der Waals surface area contributed by atoms with Crippen LogP contribution in [-0.2, 0) is 19.6 Å². The Morgan fingerprint density at radius 1 is 1.04 bits per heavy atom. The topological polar surface area (TPSA) is 99.2 Å². The Hall–Kier alpha value is -2.82. The molecule has 0 unspecified atom stereocenters. The molecule has 10 heteroatoms. The first kappa shape index (κ1) is 21.5. The summed E-state index contributed by atoms with van der Waals surface area (Å²) in [6.07, 6.45) is 0. The van der Waals surface area contributed by atoms with Gasteiger partial charge in [0.25, 0.3) is 10.0 Å². The Kier molecular flexibility index (Phi) is 6.84. The van der Waals surface area contributed by atoms with Crippen molar-refractivity contribution < 1.29 is 36.7 Å². The second-order valence-corrected chi connectivity index (χ2v) is 7.41. The van der Waals surface area contributed by atoms with E-state index in [-0.39, 0.29) is 21.8 Å². The van der Waals surface area contributed by atoms with Gasteiger partial charge in [-0.05, 0) is 42.5 Å². The molecular weight excluding hydrogens is 393 g/mol. The molecule has 0 aliphatic carbocycles. The lowest BCUT2D eigenvalue weighted by Crippen LogP contribution is -2.25. The van der Waals surface area contributed by atoms with Gasteiger partial charge >= 0.3 is 5.97 Å². The number of hydroxylamine groups is 1. The summed E-state index contributed by atoms with van der Waals surface area (Å²) < 4.78 is 48.2. The average molecular weight is 411 g/mol. The van der Waals surface area contributed by atoms with Gasteiger partial charge in [0.15, 0.2) is 24.0 Å². The Balaban J connectivity index is 2.03. The zero-order valence-electron chi connectivity index (χ0n) is 15.3. The van der Waals surface area contributed by atoms with E-state index in [9.17, 15) is 22.4 Å².